The first-order chi connectivity index (χ1) is 10.3. The summed E-state index contributed by atoms with van der Waals surface area (Å²) in [7, 11) is 0. The maximum atomic E-state index is 11.0. The number of thioether (sulfide) groups is 1. The summed E-state index contributed by atoms with van der Waals surface area (Å²) in [4.78, 5) is 0. The van der Waals surface area contributed by atoms with E-state index in [4.69, 9.17) is 4.74 Å². The Hall–Kier alpha value is -0.510. The zero-order chi connectivity index (χ0) is 14.3. The van der Waals surface area contributed by atoms with E-state index in [0.29, 0.717) is 11.8 Å². The maximum Gasteiger partial charge on any atom is 0.0783 e. The van der Waals surface area contributed by atoms with Gasteiger partial charge in [0.1, 0.15) is 0 Å². The Morgan fingerprint density at radius 1 is 1.29 bits per heavy atom. The summed E-state index contributed by atoms with van der Waals surface area (Å²) in [6.07, 6.45) is 5.29. The molecular formula is C18H24O2S. The number of benzene rings is 1. The molecule has 1 N–H and O–H groups in total. The van der Waals surface area contributed by atoms with Gasteiger partial charge in [-0.15, -0.1) is 0 Å². The van der Waals surface area contributed by atoms with Crippen molar-refractivity contribution in [2.45, 2.75) is 49.7 Å². The lowest BCUT2D eigenvalue weighted by Crippen LogP contribution is -2.44. The topological polar surface area (TPSA) is 29.5 Å². The van der Waals surface area contributed by atoms with Crippen molar-refractivity contribution in [3.63, 3.8) is 0 Å². The predicted molar refractivity (Wildman–Crippen MR) is 86.9 cm³/mol. The summed E-state index contributed by atoms with van der Waals surface area (Å²) >= 11 is 2.01. The Balaban J connectivity index is 1.51. The number of hydrogen-bond acceptors (Lipinski definition) is 3. The smallest absolute Gasteiger partial charge is 0.0783 e. The van der Waals surface area contributed by atoms with Crippen molar-refractivity contribution in [3.05, 3.63) is 35.4 Å². The number of fused-ring (bicyclic) bond motifs is 1. The fourth-order valence-corrected chi connectivity index (χ4v) is 5.87. The molecule has 4 unspecified atom stereocenters. The van der Waals surface area contributed by atoms with E-state index in [9.17, 15) is 5.11 Å². The molecule has 114 valence electrons. The summed E-state index contributed by atoms with van der Waals surface area (Å²) < 4.78 is 6.11. The van der Waals surface area contributed by atoms with Crippen LogP contribution >= 0.6 is 11.8 Å². The van der Waals surface area contributed by atoms with Crippen LogP contribution in [0.15, 0.2) is 24.3 Å². The van der Waals surface area contributed by atoms with E-state index in [2.05, 4.69) is 24.3 Å². The second-order valence-corrected chi connectivity index (χ2v) is 8.03. The molecule has 1 aliphatic carbocycles. The molecule has 21 heavy (non-hydrogen) atoms. The van der Waals surface area contributed by atoms with Gasteiger partial charge >= 0.3 is 0 Å². The minimum atomic E-state index is -0.194. The number of ether oxygens (including phenoxy) is 1. The highest BCUT2D eigenvalue weighted by Gasteiger charge is 2.44. The van der Waals surface area contributed by atoms with E-state index in [1.165, 1.54) is 23.3 Å². The summed E-state index contributed by atoms with van der Waals surface area (Å²) in [6.45, 7) is 0.830. The first-order valence-electron chi connectivity index (χ1n) is 8.25. The van der Waals surface area contributed by atoms with Crippen LogP contribution in [0, 0.1) is 5.92 Å². The summed E-state index contributed by atoms with van der Waals surface area (Å²) in [5.74, 6) is 3.09. The monoisotopic (exact) mass is 304 g/mol. The normalized spacial score (nSPS) is 36.8. The van der Waals surface area contributed by atoms with Gasteiger partial charge in [-0.25, -0.2) is 0 Å². The lowest BCUT2D eigenvalue weighted by atomic mass is 9.77. The van der Waals surface area contributed by atoms with Crippen LogP contribution in [0.25, 0.3) is 0 Å². The molecule has 4 atom stereocenters. The first-order valence-corrected chi connectivity index (χ1v) is 9.40. The third-order valence-corrected chi connectivity index (χ3v) is 6.90. The SMILES string of the molecule is OC(C1CCOC2(CCSC2)C1)C1CCc2ccccc21. The molecule has 2 fully saturated rings. The number of hydrogen-bond donors (Lipinski definition) is 1. The van der Waals surface area contributed by atoms with E-state index >= 15 is 0 Å². The summed E-state index contributed by atoms with van der Waals surface area (Å²) in [6, 6.07) is 8.67. The van der Waals surface area contributed by atoms with Gasteiger partial charge in [0, 0.05) is 18.3 Å². The van der Waals surface area contributed by atoms with Gasteiger partial charge in [0.15, 0.2) is 0 Å². The number of aliphatic hydroxyl groups excluding tert-OH is 1. The van der Waals surface area contributed by atoms with Gasteiger partial charge in [0.2, 0.25) is 0 Å². The van der Waals surface area contributed by atoms with E-state index in [-0.39, 0.29) is 11.7 Å². The van der Waals surface area contributed by atoms with Gasteiger partial charge in [-0.1, -0.05) is 24.3 Å². The summed E-state index contributed by atoms with van der Waals surface area (Å²) in [5, 5.41) is 11.0. The van der Waals surface area contributed by atoms with Crippen LogP contribution < -0.4 is 0 Å². The van der Waals surface area contributed by atoms with Crippen LogP contribution in [0.5, 0.6) is 0 Å². The molecule has 3 heteroatoms. The Morgan fingerprint density at radius 3 is 3.05 bits per heavy atom. The van der Waals surface area contributed by atoms with Crippen molar-refractivity contribution in [2.24, 2.45) is 5.92 Å². The zero-order valence-corrected chi connectivity index (χ0v) is 13.3. The minimum Gasteiger partial charge on any atom is -0.392 e. The van der Waals surface area contributed by atoms with Gasteiger partial charge in [-0.05, 0) is 54.9 Å². The number of rotatable bonds is 2. The molecule has 1 aromatic carbocycles. The van der Waals surface area contributed by atoms with Gasteiger partial charge in [-0.3, -0.25) is 0 Å². The van der Waals surface area contributed by atoms with Crippen LogP contribution in [0.3, 0.4) is 0 Å². The molecule has 2 heterocycles. The molecule has 0 bridgehead atoms. The quantitative estimate of drug-likeness (QED) is 0.908. The minimum absolute atomic E-state index is 0.0761. The van der Waals surface area contributed by atoms with Gasteiger partial charge < -0.3 is 9.84 Å². The van der Waals surface area contributed by atoms with E-state index in [0.717, 1.165) is 38.0 Å². The molecule has 4 rings (SSSR count). The molecule has 0 saturated carbocycles. The van der Waals surface area contributed by atoms with Gasteiger partial charge in [0.05, 0.1) is 11.7 Å². The average Bonchev–Trinajstić information content (AvgIpc) is 3.14. The average molecular weight is 304 g/mol. The predicted octanol–water partition coefficient (Wildman–Crippen LogP) is 3.38. The molecule has 2 nitrogen and oxygen atoms in total. The second kappa shape index (κ2) is 5.60. The second-order valence-electron chi connectivity index (χ2n) is 6.92. The van der Waals surface area contributed by atoms with Gasteiger partial charge in [-0.2, -0.15) is 11.8 Å². The molecule has 2 saturated heterocycles. The van der Waals surface area contributed by atoms with Crippen LogP contribution in [0.4, 0.5) is 0 Å². The fourth-order valence-electron chi connectivity index (χ4n) is 4.49. The Bertz CT molecular complexity index is 510. The lowest BCUT2D eigenvalue weighted by Gasteiger charge is -2.41. The zero-order valence-electron chi connectivity index (χ0n) is 12.5. The molecule has 0 amide bonds. The Kier molecular flexibility index (Phi) is 3.76. The Labute approximate surface area is 131 Å². The highest BCUT2D eigenvalue weighted by Crippen LogP contribution is 2.45. The van der Waals surface area contributed by atoms with Crippen molar-refractivity contribution in [1.29, 1.82) is 0 Å². The largest absolute Gasteiger partial charge is 0.392 e. The van der Waals surface area contributed by atoms with Crippen LogP contribution in [0.1, 0.15) is 42.7 Å². The molecular weight excluding hydrogens is 280 g/mol. The van der Waals surface area contributed by atoms with Crippen molar-refractivity contribution in [3.8, 4) is 0 Å². The third kappa shape index (κ3) is 2.54. The molecule has 2 aliphatic heterocycles. The standard InChI is InChI=1S/C18H24O2S/c19-17(16-6-5-13-3-1-2-4-15(13)16)14-7-9-20-18(11-14)8-10-21-12-18/h1-4,14,16-17,19H,5-12H2. The molecule has 0 aromatic heterocycles. The number of aryl methyl sites for hydroxylation is 1. The van der Waals surface area contributed by atoms with E-state index in [1.807, 2.05) is 11.8 Å². The van der Waals surface area contributed by atoms with Crippen LogP contribution in [-0.4, -0.2) is 34.9 Å². The summed E-state index contributed by atoms with van der Waals surface area (Å²) in [5.41, 5.74) is 2.92. The van der Waals surface area contributed by atoms with Crippen molar-refractivity contribution in [2.75, 3.05) is 18.1 Å². The molecule has 3 aliphatic rings. The van der Waals surface area contributed by atoms with Crippen molar-refractivity contribution in [1.82, 2.24) is 0 Å². The number of aliphatic hydroxyl groups is 1. The fraction of sp³-hybridized carbons (Fsp3) is 0.667. The maximum absolute atomic E-state index is 11.0. The van der Waals surface area contributed by atoms with E-state index in [1.54, 1.807) is 0 Å². The lowest BCUT2D eigenvalue weighted by molar-refractivity contribution is -0.104. The highest BCUT2D eigenvalue weighted by atomic mass is 32.2. The first kappa shape index (κ1) is 14.1. The van der Waals surface area contributed by atoms with Crippen molar-refractivity contribution < 1.29 is 9.84 Å². The van der Waals surface area contributed by atoms with Crippen LogP contribution in [-0.2, 0) is 11.2 Å². The molecule has 1 spiro atoms. The van der Waals surface area contributed by atoms with Gasteiger partial charge in [0.25, 0.3) is 0 Å². The third-order valence-electron chi connectivity index (χ3n) is 5.67. The highest BCUT2D eigenvalue weighted by molar-refractivity contribution is 7.99. The molecule has 0 radical (unpaired) electrons. The Morgan fingerprint density at radius 2 is 2.19 bits per heavy atom. The molecule has 1 aromatic rings. The van der Waals surface area contributed by atoms with Crippen molar-refractivity contribution >= 4 is 11.8 Å². The van der Waals surface area contributed by atoms with Crippen LogP contribution in [0.2, 0.25) is 0 Å². The van der Waals surface area contributed by atoms with E-state index < -0.39 is 0 Å².